The van der Waals surface area contributed by atoms with Crippen LogP contribution in [0.15, 0.2) is 72.9 Å². The maximum atomic E-state index is 11.7. The van der Waals surface area contributed by atoms with Crippen molar-refractivity contribution in [1.82, 2.24) is 4.57 Å². The van der Waals surface area contributed by atoms with Crippen LogP contribution in [0.2, 0.25) is 0 Å². The number of carbonyl (C=O) groups excluding carboxylic acids is 1. The van der Waals surface area contributed by atoms with E-state index in [9.17, 15) is 4.79 Å². The van der Waals surface area contributed by atoms with Crippen LogP contribution in [0.25, 0.3) is 22.0 Å². The zero-order chi connectivity index (χ0) is 21.5. The standard InChI is InChI=1S/C28H29NO/c1-19-17-29(27-15-14-23(20(2)30)16-25(19)27)18-21-10-12-22(13-11-21)24-8-6-7-9-26(24)28(3,4)5/h6-17H,18H2,1-5H3. The lowest BCUT2D eigenvalue weighted by atomic mass is 9.82. The Morgan fingerprint density at radius 3 is 2.30 bits per heavy atom. The maximum absolute atomic E-state index is 11.7. The summed E-state index contributed by atoms with van der Waals surface area (Å²) in [6, 6.07) is 23.6. The minimum atomic E-state index is 0.107. The van der Waals surface area contributed by atoms with Gasteiger partial charge in [0.1, 0.15) is 0 Å². The lowest BCUT2D eigenvalue weighted by Gasteiger charge is -2.23. The molecule has 0 aliphatic rings. The molecule has 0 bridgehead atoms. The van der Waals surface area contributed by atoms with E-state index in [1.165, 1.54) is 33.3 Å². The van der Waals surface area contributed by atoms with E-state index in [0.717, 1.165) is 17.5 Å². The summed E-state index contributed by atoms with van der Waals surface area (Å²) >= 11 is 0. The van der Waals surface area contributed by atoms with Crippen molar-refractivity contribution in [3.05, 3.63) is 95.2 Å². The van der Waals surface area contributed by atoms with Gasteiger partial charge in [-0.15, -0.1) is 0 Å². The minimum absolute atomic E-state index is 0.107. The highest BCUT2D eigenvalue weighted by Gasteiger charge is 2.18. The number of aryl methyl sites for hydroxylation is 1. The Morgan fingerprint density at radius 2 is 1.63 bits per heavy atom. The highest BCUT2D eigenvalue weighted by atomic mass is 16.1. The van der Waals surface area contributed by atoms with E-state index in [1.807, 2.05) is 12.1 Å². The number of aromatic nitrogens is 1. The Labute approximate surface area is 179 Å². The van der Waals surface area contributed by atoms with Crippen LogP contribution in [0.1, 0.15) is 54.7 Å². The summed E-state index contributed by atoms with van der Waals surface area (Å²) in [6.45, 7) is 11.3. The van der Waals surface area contributed by atoms with Gasteiger partial charge in [-0.2, -0.15) is 0 Å². The number of hydrogen-bond acceptors (Lipinski definition) is 1. The summed E-state index contributed by atoms with van der Waals surface area (Å²) in [7, 11) is 0. The molecule has 4 rings (SSSR count). The van der Waals surface area contributed by atoms with Gasteiger partial charge in [-0.05, 0) is 65.3 Å². The zero-order valence-corrected chi connectivity index (χ0v) is 18.5. The van der Waals surface area contributed by atoms with Gasteiger partial charge in [0.25, 0.3) is 0 Å². The third kappa shape index (κ3) is 3.82. The van der Waals surface area contributed by atoms with E-state index in [-0.39, 0.29) is 11.2 Å². The number of rotatable bonds is 4. The van der Waals surface area contributed by atoms with Crippen LogP contribution >= 0.6 is 0 Å². The summed E-state index contributed by atoms with van der Waals surface area (Å²) < 4.78 is 2.27. The molecular weight excluding hydrogens is 366 g/mol. The number of carbonyl (C=O) groups is 1. The predicted molar refractivity (Wildman–Crippen MR) is 126 cm³/mol. The van der Waals surface area contributed by atoms with Crippen molar-refractivity contribution < 1.29 is 4.79 Å². The number of benzene rings is 3. The Bertz CT molecular complexity index is 1220. The van der Waals surface area contributed by atoms with Gasteiger partial charge in [-0.1, -0.05) is 69.3 Å². The van der Waals surface area contributed by atoms with Crippen LogP contribution in [0, 0.1) is 6.92 Å². The molecule has 0 fully saturated rings. The normalized spacial score (nSPS) is 11.8. The quantitative estimate of drug-likeness (QED) is 0.336. The van der Waals surface area contributed by atoms with Crippen LogP contribution in [0.4, 0.5) is 0 Å². The van der Waals surface area contributed by atoms with Crippen LogP contribution < -0.4 is 0 Å². The molecule has 1 heterocycles. The topological polar surface area (TPSA) is 22.0 Å². The molecule has 3 aromatic carbocycles. The number of Topliss-reactive ketones (excluding diaryl/α,β-unsaturated/α-hetero) is 1. The summed E-state index contributed by atoms with van der Waals surface area (Å²) in [5, 5.41) is 1.15. The fourth-order valence-electron chi connectivity index (χ4n) is 4.20. The van der Waals surface area contributed by atoms with Crippen molar-refractivity contribution in [1.29, 1.82) is 0 Å². The lowest BCUT2D eigenvalue weighted by Crippen LogP contribution is -2.12. The zero-order valence-electron chi connectivity index (χ0n) is 18.5. The SMILES string of the molecule is CC(=O)c1ccc2c(c1)c(C)cn2Cc1ccc(-c2ccccc2C(C)(C)C)cc1. The molecule has 0 amide bonds. The van der Waals surface area contributed by atoms with Gasteiger partial charge in [0.15, 0.2) is 5.78 Å². The molecule has 30 heavy (non-hydrogen) atoms. The molecule has 152 valence electrons. The van der Waals surface area contributed by atoms with E-state index in [4.69, 9.17) is 0 Å². The van der Waals surface area contributed by atoms with Crippen molar-refractivity contribution in [2.45, 2.75) is 46.6 Å². The van der Waals surface area contributed by atoms with Gasteiger partial charge in [-0.25, -0.2) is 0 Å². The Balaban J connectivity index is 1.65. The number of ketones is 1. The van der Waals surface area contributed by atoms with E-state index >= 15 is 0 Å². The maximum Gasteiger partial charge on any atom is 0.159 e. The first kappa shape index (κ1) is 20.2. The first-order chi connectivity index (χ1) is 14.2. The highest BCUT2D eigenvalue weighted by molar-refractivity contribution is 5.98. The summed E-state index contributed by atoms with van der Waals surface area (Å²) in [5.41, 5.74) is 8.43. The summed E-state index contributed by atoms with van der Waals surface area (Å²) in [4.78, 5) is 11.7. The molecule has 2 heteroatoms. The Kier molecular flexibility index (Phi) is 5.11. The van der Waals surface area contributed by atoms with Crippen LogP contribution in [-0.2, 0) is 12.0 Å². The first-order valence-corrected chi connectivity index (χ1v) is 10.5. The van der Waals surface area contributed by atoms with E-state index in [1.54, 1.807) is 6.92 Å². The van der Waals surface area contributed by atoms with Gasteiger partial charge in [0.05, 0.1) is 0 Å². The average molecular weight is 396 g/mol. The third-order valence-corrected chi connectivity index (χ3v) is 5.84. The highest BCUT2D eigenvalue weighted by Crippen LogP contribution is 2.33. The molecule has 1 aromatic heterocycles. The molecule has 0 saturated carbocycles. The molecule has 0 aliphatic carbocycles. The second-order valence-electron chi connectivity index (χ2n) is 9.22. The van der Waals surface area contributed by atoms with E-state index in [0.29, 0.717) is 0 Å². The fraction of sp³-hybridized carbons (Fsp3) is 0.250. The van der Waals surface area contributed by atoms with Crippen molar-refractivity contribution in [2.24, 2.45) is 0 Å². The summed E-state index contributed by atoms with van der Waals surface area (Å²) in [5.74, 6) is 0.107. The fourth-order valence-corrected chi connectivity index (χ4v) is 4.20. The van der Waals surface area contributed by atoms with Gasteiger partial charge in [-0.3, -0.25) is 4.79 Å². The molecule has 0 aliphatic heterocycles. The van der Waals surface area contributed by atoms with Crippen molar-refractivity contribution in [3.8, 4) is 11.1 Å². The third-order valence-electron chi connectivity index (χ3n) is 5.84. The van der Waals surface area contributed by atoms with Gasteiger partial charge < -0.3 is 4.57 Å². The molecule has 2 nitrogen and oxygen atoms in total. The number of hydrogen-bond donors (Lipinski definition) is 0. The molecule has 4 aromatic rings. The lowest BCUT2D eigenvalue weighted by molar-refractivity contribution is 0.101. The minimum Gasteiger partial charge on any atom is -0.343 e. The first-order valence-electron chi connectivity index (χ1n) is 10.5. The molecule has 0 spiro atoms. The van der Waals surface area contributed by atoms with Crippen molar-refractivity contribution >= 4 is 16.7 Å². The smallest absolute Gasteiger partial charge is 0.159 e. The van der Waals surface area contributed by atoms with Gasteiger partial charge >= 0.3 is 0 Å². The Morgan fingerprint density at radius 1 is 0.933 bits per heavy atom. The summed E-state index contributed by atoms with van der Waals surface area (Å²) in [6.07, 6.45) is 2.18. The molecule has 0 radical (unpaired) electrons. The van der Waals surface area contributed by atoms with Crippen molar-refractivity contribution in [3.63, 3.8) is 0 Å². The predicted octanol–water partition coefficient (Wildman–Crippen LogP) is 7.17. The second-order valence-corrected chi connectivity index (χ2v) is 9.22. The molecular formula is C28H29NO. The van der Waals surface area contributed by atoms with Gasteiger partial charge in [0.2, 0.25) is 0 Å². The monoisotopic (exact) mass is 395 g/mol. The largest absolute Gasteiger partial charge is 0.343 e. The molecule has 0 saturated heterocycles. The number of nitrogens with zero attached hydrogens (tertiary/aromatic N) is 1. The Hall–Kier alpha value is -3.13. The molecule has 0 N–H and O–H groups in total. The van der Waals surface area contributed by atoms with Crippen LogP contribution in [0.3, 0.4) is 0 Å². The van der Waals surface area contributed by atoms with E-state index < -0.39 is 0 Å². The van der Waals surface area contributed by atoms with E-state index in [2.05, 4.69) is 93.1 Å². The average Bonchev–Trinajstić information content (AvgIpc) is 3.03. The molecule has 0 atom stereocenters. The van der Waals surface area contributed by atoms with Gasteiger partial charge in [0, 0.05) is 29.2 Å². The van der Waals surface area contributed by atoms with Crippen molar-refractivity contribution in [2.75, 3.05) is 0 Å². The second kappa shape index (κ2) is 7.60. The molecule has 0 unspecified atom stereocenters. The van der Waals surface area contributed by atoms with Crippen LogP contribution in [-0.4, -0.2) is 10.4 Å². The number of fused-ring (bicyclic) bond motifs is 1. The van der Waals surface area contributed by atoms with Crippen LogP contribution in [0.5, 0.6) is 0 Å².